The Balaban J connectivity index is 1.92. The zero-order valence-corrected chi connectivity index (χ0v) is 15.6. The molecule has 0 bridgehead atoms. The van der Waals surface area contributed by atoms with E-state index in [9.17, 15) is 15.0 Å². The first-order valence-corrected chi connectivity index (χ1v) is 8.58. The Morgan fingerprint density at radius 3 is 2.60 bits per heavy atom. The van der Waals surface area contributed by atoms with Crippen molar-refractivity contribution in [3.05, 3.63) is 15.0 Å². The average Bonchev–Trinajstić information content (AvgIpc) is 2.92. The van der Waals surface area contributed by atoms with Crippen LogP contribution >= 0.6 is 0 Å². The summed E-state index contributed by atoms with van der Waals surface area (Å²) in [5.41, 5.74) is -1.04. The van der Waals surface area contributed by atoms with Gasteiger partial charge in [-0.2, -0.15) is 4.91 Å². The van der Waals surface area contributed by atoms with Crippen LogP contribution in [0.4, 0.5) is 0 Å². The van der Waals surface area contributed by atoms with Crippen molar-refractivity contribution < 1.29 is 19.4 Å². The van der Waals surface area contributed by atoms with Crippen molar-refractivity contribution in [3.63, 3.8) is 0 Å². The maximum absolute atomic E-state index is 10.6. The molecule has 2 heterocycles. The topological polar surface area (TPSA) is 112 Å². The van der Waals surface area contributed by atoms with Crippen LogP contribution in [0.3, 0.4) is 0 Å². The SMILES string of the molecule is CC(C)(CN=O)CC(C)(C)CN[C@H]1CO[C@@]2(C)[C@@H]1OC[C@H]2O[N+](=O)[O-]. The summed E-state index contributed by atoms with van der Waals surface area (Å²) in [6, 6.07) is -0.0584. The van der Waals surface area contributed by atoms with Crippen molar-refractivity contribution in [2.24, 2.45) is 16.0 Å². The Labute approximate surface area is 147 Å². The molecule has 0 amide bonds. The lowest BCUT2D eigenvalue weighted by atomic mass is 9.75. The van der Waals surface area contributed by atoms with Crippen LogP contribution in [-0.2, 0) is 14.3 Å². The molecule has 0 aromatic heterocycles. The molecule has 9 heteroatoms. The van der Waals surface area contributed by atoms with Crippen LogP contribution in [-0.4, -0.2) is 55.2 Å². The summed E-state index contributed by atoms with van der Waals surface area (Å²) in [5, 5.41) is 16.4. The molecule has 2 saturated heterocycles. The molecule has 0 unspecified atom stereocenters. The Morgan fingerprint density at radius 1 is 1.32 bits per heavy atom. The predicted octanol–water partition coefficient (Wildman–Crippen LogP) is 1.92. The summed E-state index contributed by atoms with van der Waals surface area (Å²) >= 11 is 0. The summed E-state index contributed by atoms with van der Waals surface area (Å²) in [6.45, 7) is 11.7. The molecule has 0 radical (unpaired) electrons. The fourth-order valence-corrected chi connectivity index (χ4v) is 4.15. The zero-order chi connectivity index (χ0) is 18.9. The molecule has 2 aliphatic rings. The van der Waals surface area contributed by atoms with Gasteiger partial charge in [0.2, 0.25) is 0 Å². The van der Waals surface area contributed by atoms with Gasteiger partial charge in [0.15, 0.2) is 6.10 Å². The largest absolute Gasteiger partial charge is 0.371 e. The number of fused-ring (bicyclic) bond motifs is 1. The van der Waals surface area contributed by atoms with Crippen LogP contribution in [0.5, 0.6) is 0 Å². The lowest BCUT2D eigenvalue weighted by molar-refractivity contribution is -0.771. The van der Waals surface area contributed by atoms with Gasteiger partial charge in [-0.15, -0.1) is 10.1 Å². The first-order valence-electron chi connectivity index (χ1n) is 8.58. The lowest BCUT2D eigenvalue weighted by Gasteiger charge is -2.35. The first kappa shape index (κ1) is 20.0. The second-order valence-corrected chi connectivity index (χ2v) is 8.85. The highest BCUT2D eigenvalue weighted by atomic mass is 17.0. The Hall–Kier alpha value is -1.32. The van der Waals surface area contributed by atoms with Gasteiger partial charge in [-0.25, -0.2) is 0 Å². The normalized spacial score (nSPS) is 32.4. The van der Waals surface area contributed by atoms with E-state index < -0.39 is 16.8 Å². The van der Waals surface area contributed by atoms with Crippen molar-refractivity contribution in [2.75, 3.05) is 26.3 Å². The maximum atomic E-state index is 10.6. The Kier molecular flexibility index (Phi) is 5.70. The highest BCUT2D eigenvalue weighted by Crippen LogP contribution is 2.40. The third kappa shape index (κ3) is 4.65. The summed E-state index contributed by atoms with van der Waals surface area (Å²) in [6.07, 6.45) is -0.176. The highest BCUT2D eigenvalue weighted by Gasteiger charge is 2.58. The Morgan fingerprint density at radius 2 is 2.00 bits per heavy atom. The molecule has 0 aromatic carbocycles. The number of hydrogen-bond acceptors (Lipinski definition) is 8. The van der Waals surface area contributed by atoms with Gasteiger partial charge in [-0.3, -0.25) is 0 Å². The molecule has 0 aliphatic carbocycles. The van der Waals surface area contributed by atoms with Gasteiger partial charge in [0.1, 0.15) is 11.7 Å². The maximum Gasteiger partial charge on any atom is 0.294 e. The molecule has 2 rings (SSSR count). The van der Waals surface area contributed by atoms with Gasteiger partial charge >= 0.3 is 0 Å². The standard InChI is InChI=1S/C16H29N3O6/c1-14(2,8-15(3,4)10-18-20)9-17-11-6-24-16(5)12(25-19(21)22)7-23-13(11)16/h11-13,17H,6-10H2,1-5H3/t11-,12+,13+,16+/m0/s1. The molecule has 0 aromatic rings. The summed E-state index contributed by atoms with van der Waals surface area (Å²) < 4.78 is 11.6. The molecule has 1 N–H and O–H groups in total. The Bertz CT molecular complexity index is 512. The molecule has 144 valence electrons. The van der Waals surface area contributed by atoms with E-state index >= 15 is 0 Å². The van der Waals surface area contributed by atoms with Crippen molar-refractivity contribution >= 4 is 0 Å². The number of rotatable bonds is 9. The number of nitrogens with zero attached hydrogens (tertiary/aromatic N) is 2. The van der Waals surface area contributed by atoms with Gasteiger partial charge in [0, 0.05) is 6.54 Å². The lowest BCUT2D eigenvalue weighted by Crippen LogP contribution is -2.50. The third-order valence-corrected chi connectivity index (χ3v) is 5.08. The molecule has 2 fully saturated rings. The van der Waals surface area contributed by atoms with E-state index in [2.05, 4.69) is 24.3 Å². The second-order valence-electron chi connectivity index (χ2n) is 8.85. The monoisotopic (exact) mass is 359 g/mol. The van der Waals surface area contributed by atoms with Crippen LogP contribution < -0.4 is 5.32 Å². The average molecular weight is 359 g/mol. The fourth-order valence-electron chi connectivity index (χ4n) is 4.15. The molecule has 25 heavy (non-hydrogen) atoms. The van der Waals surface area contributed by atoms with Gasteiger partial charge in [0.25, 0.3) is 5.09 Å². The van der Waals surface area contributed by atoms with E-state index in [1.54, 1.807) is 6.92 Å². The number of nitrogens with one attached hydrogen (secondary N) is 1. The van der Waals surface area contributed by atoms with Crippen LogP contribution in [0.1, 0.15) is 41.0 Å². The van der Waals surface area contributed by atoms with Gasteiger partial charge < -0.3 is 19.6 Å². The number of hydrogen-bond donors (Lipinski definition) is 1. The van der Waals surface area contributed by atoms with Gasteiger partial charge in [-0.05, 0) is 24.2 Å². The van der Waals surface area contributed by atoms with Crippen LogP contribution in [0.2, 0.25) is 0 Å². The smallest absolute Gasteiger partial charge is 0.294 e. The van der Waals surface area contributed by atoms with Crippen molar-refractivity contribution in [2.45, 2.75) is 64.9 Å². The minimum absolute atomic E-state index is 0.0531. The van der Waals surface area contributed by atoms with E-state index in [1.807, 2.05) is 13.8 Å². The third-order valence-electron chi connectivity index (χ3n) is 5.08. The minimum Gasteiger partial charge on any atom is -0.371 e. The fraction of sp³-hybridized carbons (Fsp3) is 1.00. The van der Waals surface area contributed by atoms with E-state index in [-0.39, 0.29) is 36.1 Å². The zero-order valence-electron chi connectivity index (χ0n) is 15.6. The quantitative estimate of drug-likeness (QED) is 0.380. The second kappa shape index (κ2) is 7.13. The number of ether oxygens (including phenoxy) is 2. The molecule has 9 nitrogen and oxygen atoms in total. The van der Waals surface area contributed by atoms with E-state index in [0.717, 1.165) is 6.42 Å². The first-order chi connectivity index (χ1) is 11.5. The highest BCUT2D eigenvalue weighted by molar-refractivity contribution is 5.07. The molecule has 0 spiro atoms. The van der Waals surface area contributed by atoms with Gasteiger partial charge in [0.05, 0.1) is 25.8 Å². The van der Waals surface area contributed by atoms with Crippen molar-refractivity contribution in [3.8, 4) is 0 Å². The summed E-state index contributed by atoms with van der Waals surface area (Å²) in [4.78, 5) is 25.9. The molecule has 2 aliphatic heterocycles. The minimum atomic E-state index is -0.824. The molecular formula is C16H29N3O6. The summed E-state index contributed by atoms with van der Waals surface area (Å²) in [5.74, 6) is 0. The molecule has 0 saturated carbocycles. The van der Waals surface area contributed by atoms with Crippen LogP contribution in [0.15, 0.2) is 5.18 Å². The van der Waals surface area contributed by atoms with Crippen molar-refractivity contribution in [1.82, 2.24) is 5.32 Å². The van der Waals surface area contributed by atoms with E-state index in [1.165, 1.54) is 0 Å². The van der Waals surface area contributed by atoms with Crippen LogP contribution in [0.25, 0.3) is 0 Å². The van der Waals surface area contributed by atoms with Crippen molar-refractivity contribution in [1.29, 1.82) is 0 Å². The summed E-state index contributed by atoms with van der Waals surface area (Å²) in [7, 11) is 0. The van der Waals surface area contributed by atoms with E-state index in [0.29, 0.717) is 13.2 Å². The predicted molar refractivity (Wildman–Crippen MR) is 90.6 cm³/mol. The van der Waals surface area contributed by atoms with E-state index in [4.69, 9.17) is 14.3 Å². The number of nitroso groups, excluding NO2 is 1. The van der Waals surface area contributed by atoms with Gasteiger partial charge in [-0.1, -0.05) is 32.9 Å². The van der Waals surface area contributed by atoms with Crippen LogP contribution in [0, 0.1) is 25.9 Å². The molecule has 4 atom stereocenters. The molecular weight excluding hydrogens is 330 g/mol.